The molecule has 0 unspecified atom stereocenters. The highest BCUT2D eigenvalue weighted by molar-refractivity contribution is 5.98. The highest BCUT2D eigenvalue weighted by atomic mass is 16.9. The van der Waals surface area contributed by atoms with Crippen LogP contribution in [0.4, 0.5) is 0 Å². The van der Waals surface area contributed by atoms with E-state index in [2.05, 4.69) is 30.8 Å². The lowest BCUT2D eigenvalue weighted by molar-refractivity contribution is -0.757. The molecule has 45 heavy (non-hydrogen) atoms. The van der Waals surface area contributed by atoms with Gasteiger partial charge in [-0.2, -0.15) is 5.21 Å². The third kappa shape index (κ3) is 8.79. The molecule has 14 heteroatoms. The zero-order chi connectivity index (χ0) is 32.4. The van der Waals surface area contributed by atoms with Crippen LogP contribution in [0.25, 0.3) is 22.5 Å². The quantitative estimate of drug-likeness (QED) is 0.0674. The minimum Gasteiger partial charge on any atom is -0.384 e. The molecule has 0 aliphatic heterocycles. The number of benzene rings is 2. The van der Waals surface area contributed by atoms with Gasteiger partial charge in [-0.25, -0.2) is 4.98 Å². The molecule has 0 aliphatic rings. The minimum absolute atomic E-state index is 0.0402. The Kier molecular flexibility index (Phi) is 11.1. The van der Waals surface area contributed by atoms with Gasteiger partial charge < -0.3 is 19.8 Å². The van der Waals surface area contributed by atoms with Gasteiger partial charge in [-0.05, 0) is 55.0 Å². The van der Waals surface area contributed by atoms with Crippen molar-refractivity contribution in [2.24, 2.45) is 0 Å². The summed E-state index contributed by atoms with van der Waals surface area (Å²) in [7, 11) is 0. The highest BCUT2D eigenvalue weighted by Gasteiger charge is 2.31. The second kappa shape index (κ2) is 15.1. The topological polar surface area (TPSA) is 191 Å². The number of aromatic amines is 1. The number of hydrogen-bond acceptors (Lipinski definition) is 10. The third-order valence-electron chi connectivity index (χ3n) is 7.15. The smallest absolute Gasteiger partial charge is 0.294 e. The molecule has 1 amide bonds. The van der Waals surface area contributed by atoms with E-state index < -0.39 is 10.7 Å². The predicted molar refractivity (Wildman–Crippen MR) is 164 cm³/mol. The number of ketones is 1. The molecule has 2 aromatic heterocycles. The number of imidazole rings is 1. The molecule has 0 bridgehead atoms. The average molecular weight is 619 g/mol. The zero-order valence-electron chi connectivity index (χ0n) is 25.7. The Labute approximate surface area is 260 Å². The van der Waals surface area contributed by atoms with Gasteiger partial charge in [0.2, 0.25) is 11.7 Å². The standard InChI is InChI=1S/C31H38N8O6/c1-4-9-26-33-29(31(2,3)42)28(25(40)16-17-27(41)32-18-7-8-19-45-39(43)44)38(26)20-21-12-14-22(15-13-21)23-10-5-6-11-24(23)30-34-36-37-35-30/h5-6,10-15,42H,4,7-9,16-20H2,1-3H3,(H,32,41)(H,34,35,36,37). The summed E-state index contributed by atoms with van der Waals surface area (Å²) in [5, 5.41) is 37.5. The Balaban J connectivity index is 1.52. The summed E-state index contributed by atoms with van der Waals surface area (Å²) in [4.78, 5) is 45.3. The molecule has 3 N–H and O–H groups in total. The monoisotopic (exact) mass is 618 g/mol. The molecule has 0 radical (unpaired) electrons. The number of Topliss-reactive ketones (excluding diaryl/α,β-unsaturated/α-hetero) is 1. The number of amides is 1. The summed E-state index contributed by atoms with van der Waals surface area (Å²) < 4.78 is 1.86. The van der Waals surface area contributed by atoms with Crippen LogP contribution in [0.5, 0.6) is 0 Å². The molecule has 0 saturated carbocycles. The number of aromatic nitrogens is 6. The van der Waals surface area contributed by atoms with E-state index in [0.717, 1.165) is 28.7 Å². The number of unbranched alkanes of at least 4 members (excludes halogenated alkanes) is 1. The summed E-state index contributed by atoms with van der Waals surface area (Å²) >= 11 is 0. The number of carbonyl (C=O) groups excluding carboxylic acids is 2. The first-order valence-corrected chi connectivity index (χ1v) is 14.9. The van der Waals surface area contributed by atoms with Crippen molar-refractivity contribution in [3.63, 3.8) is 0 Å². The van der Waals surface area contributed by atoms with Crippen molar-refractivity contribution in [3.05, 3.63) is 81.4 Å². The number of aliphatic hydroxyl groups is 1. The largest absolute Gasteiger partial charge is 0.384 e. The number of hydrogen-bond donors (Lipinski definition) is 3. The number of carbonyl (C=O) groups is 2. The Morgan fingerprint density at radius 1 is 1.09 bits per heavy atom. The van der Waals surface area contributed by atoms with E-state index in [0.29, 0.717) is 49.7 Å². The van der Waals surface area contributed by atoms with Gasteiger partial charge in [0.15, 0.2) is 5.78 Å². The molecule has 4 rings (SSSR count). The molecule has 2 aromatic carbocycles. The first-order chi connectivity index (χ1) is 21.6. The van der Waals surface area contributed by atoms with Crippen LogP contribution in [0, 0.1) is 10.1 Å². The maximum absolute atomic E-state index is 13.7. The molecular weight excluding hydrogens is 580 g/mol. The van der Waals surface area contributed by atoms with Crippen molar-refractivity contribution >= 4 is 11.7 Å². The third-order valence-corrected chi connectivity index (χ3v) is 7.15. The number of nitrogens with zero attached hydrogens (tertiary/aromatic N) is 6. The second-order valence-corrected chi connectivity index (χ2v) is 11.1. The molecule has 0 spiro atoms. The van der Waals surface area contributed by atoms with Crippen LogP contribution in [0.1, 0.15) is 80.4 Å². The molecule has 238 valence electrons. The lowest BCUT2D eigenvalue weighted by Gasteiger charge is -2.18. The Morgan fingerprint density at radius 3 is 2.47 bits per heavy atom. The lowest BCUT2D eigenvalue weighted by atomic mass is 9.98. The van der Waals surface area contributed by atoms with Gasteiger partial charge in [0.25, 0.3) is 5.09 Å². The fourth-order valence-corrected chi connectivity index (χ4v) is 5.00. The Hall–Kier alpha value is -4.98. The van der Waals surface area contributed by atoms with Gasteiger partial charge in [0, 0.05) is 37.9 Å². The van der Waals surface area contributed by atoms with E-state index in [9.17, 15) is 24.8 Å². The van der Waals surface area contributed by atoms with E-state index in [1.807, 2.05) is 60.0 Å². The van der Waals surface area contributed by atoms with Crippen molar-refractivity contribution in [3.8, 4) is 22.5 Å². The zero-order valence-corrected chi connectivity index (χ0v) is 25.7. The van der Waals surface area contributed by atoms with Crippen molar-refractivity contribution in [1.82, 2.24) is 35.5 Å². The fourth-order valence-electron chi connectivity index (χ4n) is 5.00. The van der Waals surface area contributed by atoms with Crippen LogP contribution in [0.15, 0.2) is 48.5 Å². The summed E-state index contributed by atoms with van der Waals surface area (Å²) in [6, 6.07) is 15.7. The number of aryl methyl sites for hydroxylation is 1. The van der Waals surface area contributed by atoms with Gasteiger partial charge in [-0.1, -0.05) is 55.5 Å². The Morgan fingerprint density at radius 2 is 1.82 bits per heavy atom. The Bertz CT molecular complexity index is 1590. The predicted octanol–water partition coefficient (Wildman–Crippen LogP) is 4.03. The first kappa shape index (κ1) is 32.9. The fraction of sp³-hybridized carbons (Fsp3) is 0.419. The molecule has 0 saturated heterocycles. The number of tetrazole rings is 1. The van der Waals surface area contributed by atoms with Gasteiger partial charge in [0.1, 0.15) is 22.8 Å². The SMILES string of the molecule is CCCc1nc(C(C)(C)O)c(C(=O)CCC(=O)NCCCCO[N+](=O)[O-])n1Cc1ccc(-c2ccccc2-c2nn[nH]n2)cc1. The molecule has 4 aromatic rings. The van der Waals surface area contributed by atoms with E-state index in [1.165, 1.54) is 0 Å². The van der Waals surface area contributed by atoms with Crippen molar-refractivity contribution in [2.75, 3.05) is 13.2 Å². The van der Waals surface area contributed by atoms with E-state index in [4.69, 9.17) is 4.98 Å². The highest BCUT2D eigenvalue weighted by Crippen LogP contribution is 2.31. The summed E-state index contributed by atoms with van der Waals surface area (Å²) in [5.74, 6) is 0.587. The average Bonchev–Trinajstić information content (AvgIpc) is 3.67. The van der Waals surface area contributed by atoms with Gasteiger partial charge in [-0.3, -0.25) is 9.59 Å². The molecule has 14 nitrogen and oxygen atoms in total. The summed E-state index contributed by atoms with van der Waals surface area (Å²) in [6.07, 6.45) is 2.20. The first-order valence-electron chi connectivity index (χ1n) is 14.9. The summed E-state index contributed by atoms with van der Waals surface area (Å²) in [6.45, 7) is 5.84. The van der Waals surface area contributed by atoms with Crippen LogP contribution in [-0.4, -0.2) is 65.2 Å². The van der Waals surface area contributed by atoms with Crippen molar-refractivity contribution < 1.29 is 24.6 Å². The molecule has 0 atom stereocenters. The summed E-state index contributed by atoms with van der Waals surface area (Å²) in [5.41, 5.74) is 2.88. The molecular formula is C31H38N8O6. The maximum Gasteiger partial charge on any atom is 0.294 e. The number of rotatable bonds is 17. The maximum atomic E-state index is 13.7. The van der Waals surface area contributed by atoms with Crippen LogP contribution in [0.3, 0.4) is 0 Å². The van der Waals surface area contributed by atoms with Crippen molar-refractivity contribution in [2.45, 2.75) is 71.4 Å². The van der Waals surface area contributed by atoms with Crippen LogP contribution in [-0.2, 0) is 28.2 Å². The van der Waals surface area contributed by atoms with E-state index in [-0.39, 0.29) is 36.8 Å². The van der Waals surface area contributed by atoms with Crippen LogP contribution >= 0.6 is 0 Å². The number of nitrogens with one attached hydrogen (secondary N) is 2. The van der Waals surface area contributed by atoms with Crippen molar-refractivity contribution in [1.29, 1.82) is 0 Å². The minimum atomic E-state index is -1.38. The molecule has 0 fully saturated rings. The normalized spacial score (nSPS) is 11.4. The number of H-pyrrole nitrogens is 1. The molecule has 0 aliphatic carbocycles. The lowest BCUT2D eigenvalue weighted by Crippen LogP contribution is -2.26. The van der Waals surface area contributed by atoms with Gasteiger partial charge in [0.05, 0.1) is 6.61 Å². The van der Waals surface area contributed by atoms with E-state index in [1.54, 1.807) is 13.8 Å². The van der Waals surface area contributed by atoms with Crippen LogP contribution < -0.4 is 5.32 Å². The van der Waals surface area contributed by atoms with E-state index >= 15 is 0 Å². The second-order valence-electron chi connectivity index (χ2n) is 11.1. The van der Waals surface area contributed by atoms with Gasteiger partial charge >= 0.3 is 0 Å². The molecule has 2 heterocycles. The van der Waals surface area contributed by atoms with Crippen LogP contribution in [0.2, 0.25) is 0 Å². The van der Waals surface area contributed by atoms with Gasteiger partial charge in [-0.15, -0.1) is 20.3 Å².